The summed E-state index contributed by atoms with van der Waals surface area (Å²) in [6.07, 6.45) is 0.255. The second-order valence-corrected chi connectivity index (χ2v) is 8.95. The molecular weight excluding hydrogens is 290 g/mol. The highest BCUT2D eigenvalue weighted by molar-refractivity contribution is 7.92. The van der Waals surface area contributed by atoms with Crippen LogP contribution in [0, 0.1) is 0 Å². The van der Waals surface area contributed by atoms with Crippen LogP contribution in [0.2, 0.25) is 0 Å². The molecule has 21 heavy (non-hydrogen) atoms. The highest BCUT2D eigenvalue weighted by Crippen LogP contribution is 2.23. The number of benzene rings is 1. The van der Waals surface area contributed by atoms with Gasteiger partial charge >= 0.3 is 0 Å². The monoisotopic (exact) mass is 309 g/mol. The van der Waals surface area contributed by atoms with Crippen molar-refractivity contribution < 1.29 is 18.0 Å². The highest BCUT2D eigenvalue weighted by Gasteiger charge is 2.35. The third kappa shape index (κ3) is 2.85. The molecule has 6 heteroatoms. The van der Waals surface area contributed by atoms with Crippen molar-refractivity contribution in [3.8, 4) is 0 Å². The first kappa shape index (κ1) is 15.7. The van der Waals surface area contributed by atoms with Crippen molar-refractivity contribution in [1.29, 1.82) is 0 Å². The van der Waals surface area contributed by atoms with Crippen molar-refractivity contribution in [3.05, 3.63) is 35.4 Å². The quantitative estimate of drug-likeness (QED) is 0.796. The minimum atomic E-state index is -3.24. The topological polar surface area (TPSA) is 71.5 Å². The summed E-state index contributed by atoms with van der Waals surface area (Å²) in [4.78, 5) is 25.4. The van der Waals surface area contributed by atoms with E-state index in [0.29, 0.717) is 11.1 Å². The first-order valence-electron chi connectivity index (χ1n) is 6.83. The molecule has 2 amide bonds. The molecule has 1 aromatic carbocycles. The summed E-state index contributed by atoms with van der Waals surface area (Å²) < 4.78 is 23.2. The molecule has 0 spiro atoms. The second kappa shape index (κ2) is 5.26. The van der Waals surface area contributed by atoms with Gasteiger partial charge in [0.25, 0.3) is 11.8 Å². The number of hydrogen-bond donors (Lipinski definition) is 0. The SMILES string of the molecule is CC(C)(C)S(=O)(=O)CCCN1C(=O)c2ccccc2C1=O. The lowest BCUT2D eigenvalue weighted by atomic mass is 10.1. The fraction of sp³-hybridized carbons (Fsp3) is 0.467. The number of sulfone groups is 1. The van der Waals surface area contributed by atoms with Gasteiger partial charge in [-0.15, -0.1) is 0 Å². The minimum Gasteiger partial charge on any atom is -0.274 e. The van der Waals surface area contributed by atoms with Gasteiger partial charge in [-0.2, -0.15) is 0 Å². The van der Waals surface area contributed by atoms with E-state index in [1.807, 2.05) is 0 Å². The van der Waals surface area contributed by atoms with Gasteiger partial charge in [-0.3, -0.25) is 14.5 Å². The van der Waals surface area contributed by atoms with E-state index in [9.17, 15) is 18.0 Å². The summed E-state index contributed by atoms with van der Waals surface area (Å²) >= 11 is 0. The largest absolute Gasteiger partial charge is 0.274 e. The van der Waals surface area contributed by atoms with Crippen LogP contribution < -0.4 is 0 Å². The van der Waals surface area contributed by atoms with Gasteiger partial charge in [0, 0.05) is 6.54 Å². The lowest BCUT2D eigenvalue weighted by Crippen LogP contribution is -2.34. The van der Waals surface area contributed by atoms with Crippen LogP contribution in [0.4, 0.5) is 0 Å². The van der Waals surface area contributed by atoms with Crippen molar-refractivity contribution in [1.82, 2.24) is 4.90 Å². The summed E-state index contributed by atoms with van der Waals surface area (Å²) in [5.41, 5.74) is 0.780. The molecule has 1 aliphatic heterocycles. The zero-order chi connectivity index (χ0) is 15.8. The van der Waals surface area contributed by atoms with Gasteiger partial charge in [-0.05, 0) is 39.3 Å². The van der Waals surface area contributed by atoms with E-state index in [-0.39, 0.29) is 30.5 Å². The lowest BCUT2D eigenvalue weighted by Gasteiger charge is -2.20. The number of imide groups is 1. The first-order chi connectivity index (χ1) is 9.65. The van der Waals surface area contributed by atoms with Gasteiger partial charge in [0.15, 0.2) is 9.84 Å². The minimum absolute atomic E-state index is 0.0378. The molecule has 114 valence electrons. The summed E-state index contributed by atoms with van der Waals surface area (Å²) in [6, 6.07) is 6.64. The first-order valence-corrected chi connectivity index (χ1v) is 8.48. The third-order valence-corrected chi connectivity index (χ3v) is 6.30. The van der Waals surface area contributed by atoms with Crippen LogP contribution in [0.15, 0.2) is 24.3 Å². The zero-order valence-electron chi connectivity index (χ0n) is 12.4. The average Bonchev–Trinajstić information content (AvgIpc) is 2.63. The Morgan fingerprint density at radius 2 is 1.48 bits per heavy atom. The van der Waals surface area contributed by atoms with Crippen LogP contribution >= 0.6 is 0 Å². The van der Waals surface area contributed by atoms with Crippen LogP contribution in [-0.2, 0) is 9.84 Å². The number of amides is 2. The molecule has 0 saturated carbocycles. The predicted octanol–water partition coefficient (Wildman–Crippen LogP) is 1.89. The van der Waals surface area contributed by atoms with E-state index in [0.717, 1.165) is 4.90 Å². The van der Waals surface area contributed by atoms with Crippen molar-refractivity contribution in [3.63, 3.8) is 0 Å². The molecule has 2 rings (SSSR count). The molecule has 1 aliphatic rings. The number of carbonyl (C=O) groups excluding carboxylic acids is 2. The van der Waals surface area contributed by atoms with E-state index >= 15 is 0 Å². The summed E-state index contributed by atoms with van der Waals surface area (Å²) in [5, 5.41) is 0. The Hall–Kier alpha value is -1.69. The molecule has 0 saturated heterocycles. The van der Waals surface area contributed by atoms with Crippen LogP contribution in [0.25, 0.3) is 0 Å². The predicted molar refractivity (Wildman–Crippen MR) is 80.0 cm³/mol. The Bertz CT molecular complexity index is 651. The van der Waals surface area contributed by atoms with Crippen molar-refractivity contribution in [2.75, 3.05) is 12.3 Å². The summed E-state index contributed by atoms with van der Waals surface area (Å²) in [6.45, 7) is 5.06. The fourth-order valence-corrected chi connectivity index (χ4v) is 3.28. The molecule has 0 aromatic heterocycles. The maximum absolute atomic E-state index is 12.1. The average molecular weight is 309 g/mol. The number of hydrogen-bond acceptors (Lipinski definition) is 4. The molecule has 0 radical (unpaired) electrons. The van der Waals surface area contributed by atoms with Crippen LogP contribution in [0.5, 0.6) is 0 Å². The third-order valence-electron chi connectivity index (χ3n) is 3.61. The van der Waals surface area contributed by atoms with Crippen LogP contribution in [-0.4, -0.2) is 42.2 Å². The molecule has 1 heterocycles. The molecule has 0 fully saturated rings. The van der Waals surface area contributed by atoms with Crippen molar-refractivity contribution in [2.24, 2.45) is 0 Å². The van der Waals surface area contributed by atoms with E-state index in [4.69, 9.17) is 0 Å². The number of rotatable bonds is 4. The standard InChI is InChI=1S/C15H19NO4S/c1-15(2,3)21(19,20)10-6-9-16-13(17)11-7-4-5-8-12(11)14(16)18/h4-5,7-8H,6,9-10H2,1-3H3. The highest BCUT2D eigenvalue weighted by atomic mass is 32.2. The Morgan fingerprint density at radius 3 is 1.90 bits per heavy atom. The zero-order valence-corrected chi connectivity index (χ0v) is 13.2. The Labute approximate surface area is 124 Å². The Morgan fingerprint density at radius 1 is 1.00 bits per heavy atom. The molecule has 0 unspecified atom stereocenters. The van der Waals surface area contributed by atoms with Crippen LogP contribution in [0.1, 0.15) is 47.9 Å². The molecule has 0 bridgehead atoms. The number of fused-ring (bicyclic) bond motifs is 1. The maximum atomic E-state index is 12.1. The number of carbonyl (C=O) groups is 2. The Kier molecular flexibility index (Phi) is 3.93. The molecule has 0 aliphatic carbocycles. The van der Waals surface area contributed by atoms with Gasteiger partial charge in [-0.1, -0.05) is 12.1 Å². The summed E-state index contributed by atoms with van der Waals surface area (Å²) in [7, 11) is -3.24. The van der Waals surface area contributed by atoms with Crippen molar-refractivity contribution >= 4 is 21.7 Å². The van der Waals surface area contributed by atoms with Gasteiger partial charge in [0.1, 0.15) is 0 Å². The van der Waals surface area contributed by atoms with E-state index < -0.39 is 14.6 Å². The molecular formula is C15H19NO4S. The van der Waals surface area contributed by atoms with Gasteiger partial charge < -0.3 is 0 Å². The fourth-order valence-electron chi connectivity index (χ4n) is 2.16. The van der Waals surface area contributed by atoms with Crippen LogP contribution in [0.3, 0.4) is 0 Å². The maximum Gasteiger partial charge on any atom is 0.261 e. The summed E-state index contributed by atoms with van der Waals surface area (Å²) in [5.74, 6) is -0.725. The van der Waals surface area contributed by atoms with E-state index in [2.05, 4.69) is 0 Å². The van der Waals surface area contributed by atoms with E-state index in [1.54, 1.807) is 45.0 Å². The van der Waals surface area contributed by atoms with E-state index in [1.165, 1.54) is 0 Å². The second-order valence-electron chi connectivity index (χ2n) is 6.09. The molecule has 1 aromatic rings. The molecule has 5 nitrogen and oxygen atoms in total. The van der Waals surface area contributed by atoms with Gasteiger partial charge in [-0.25, -0.2) is 8.42 Å². The van der Waals surface area contributed by atoms with Gasteiger partial charge in [0.2, 0.25) is 0 Å². The smallest absolute Gasteiger partial charge is 0.261 e. The lowest BCUT2D eigenvalue weighted by molar-refractivity contribution is 0.0654. The molecule has 0 N–H and O–H groups in total. The van der Waals surface area contributed by atoms with Crippen molar-refractivity contribution in [2.45, 2.75) is 31.9 Å². The molecule has 0 atom stereocenters. The normalized spacial score (nSPS) is 15.5. The number of nitrogens with zero attached hydrogens (tertiary/aromatic N) is 1. The Balaban J connectivity index is 2.04. The van der Waals surface area contributed by atoms with Gasteiger partial charge in [0.05, 0.1) is 21.6 Å².